The molecule has 1 rings (SSSR count). The van der Waals surface area contributed by atoms with Crippen LogP contribution in [0.15, 0.2) is 24.3 Å². The van der Waals surface area contributed by atoms with Gasteiger partial charge in [-0.2, -0.15) is 0 Å². The molecule has 0 fully saturated rings. The van der Waals surface area contributed by atoms with Crippen molar-refractivity contribution < 1.29 is 14.3 Å². The zero-order valence-electron chi connectivity index (χ0n) is 15.4. The van der Waals surface area contributed by atoms with E-state index in [1.807, 2.05) is 31.3 Å². The van der Waals surface area contributed by atoms with E-state index in [-0.39, 0.29) is 29.8 Å². The maximum atomic E-state index is 12.1. The van der Waals surface area contributed by atoms with Gasteiger partial charge < -0.3 is 15.4 Å². The van der Waals surface area contributed by atoms with Crippen molar-refractivity contribution in [2.75, 3.05) is 20.7 Å². The first-order valence-electron chi connectivity index (χ1n) is 8.39. The summed E-state index contributed by atoms with van der Waals surface area (Å²) in [6.07, 6.45) is 1.32. The first-order valence-corrected chi connectivity index (χ1v) is 8.39. The fourth-order valence-corrected chi connectivity index (χ4v) is 2.41. The summed E-state index contributed by atoms with van der Waals surface area (Å²) in [4.78, 5) is 23.8. The number of hydrogen-bond donors (Lipinski definition) is 2. The lowest BCUT2D eigenvalue weighted by Gasteiger charge is -2.22. The average molecular weight is 334 g/mol. The SMILES string of the molecule is CNCCCC(=O)NC(CC(=O)OC)c1ccc(C(C)(C)C)cc1. The lowest BCUT2D eigenvalue weighted by molar-refractivity contribution is -0.141. The summed E-state index contributed by atoms with van der Waals surface area (Å²) in [6.45, 7) is 7.24. The summed E-state index contributed by atoms with van der Waals surface area (Å²) in [5, 5.41) is 5.96. The van der Waals surface area contributed by atoms with E-state index in [9.17, 15) is 9.59 Å². The van der Waals surface area contributed by atoms with Crippen LogP contribution in [0, 0.1) is 0 Å². The molecule has 5 heteroatoms. The number of carbonyl (C=O) groups excluding carboxylic acids is 2. The van der Waals surface area contributed by atoms with Gasteiger partial charge in [0, 0.05) is 6.42 Å². The van der Waals surface area contributed by atoms with Gasteiger partial charge in [0.1, 0.15) is 0 Å². The van der Waals surface area contributed by atoms with Crippen molar-refractivity contribution in [1.29, 1.82) is 0 Å². The Hall–Kier alpha value is -1.88. The highest BCUT2D eigenvalue weighted by Crippen LogP contribution is 2.25. The number of methoxy groups -OCH3 is 1. The van der Waals surface area contributed by atoms with Crippen LogP contribution in [-0.4, -0.2) is 32.6 Å². The zero-order valence-corrected chi connectivity index (χ0v) is 15.4. The Kier molecular flexibility index (Phi) is 7.92. The van der Waals surface area contributed by atoms with E-state index in [4.69, 9.17) is 4.74 Å². The molecule has 1 atom stereocenters. The lowest BCUT2D eigenvalue weighted by atomic mass is 9.86. The van der Waals surface area contributed by atoms with Crippen LogP contribution in [0.5, 0.6) is 0 Å². The molecule has 2 N–H and O–H groups in total. The van der Waals surface area contributed by atoms with Crippen molar-refractivity contribution in [2.24, 2.45) is 0 Å². The Morgan fingerprint density at radius 1 is 1.17 bits per heavy atom. The molecular formula is C19H30N2O3. The van der Waals surface area contributed by atoms with Gasteiger partial charge in [-0.3, -0.25) is 9.59 Å². The largest absolute Gasteiger partial charge is 0.469 e. The Balaban J connectivity index is 2.85. The first kappa shape index (κ1) is 20.2. The molecule has 0 aliphatic heterocycles. The van der Waals surface area contributed by atoms with Crippen LogP contribution in [0.4, 0.5) is 0 Å². The number of hydrogen-bond acceptors (Lipinski definition) is 4. The molecule has 1 amide bonds. The third-order valence-corrected chi connectivity index (χ3v) is 3.94. The van der Waals surface area contributed by atoms with Crippen molar-refractivity contribution in [1.82, 2.24) is 10.6 Å². The summed E-state index contributed by atoms with van der Waals surface area (Å²) in [7, 11) is 3.21. The number of rotatable bonds is 8. The molecule has 134 valence electrons. The Morgan fingerprint density at radius 3 is 2.29 bits per heavy atom. The maximum absolute atomic E-state index is 12.1. The summed E-state index contributed by atoms with van der Waals surface area (Å²) >= 11 is 0. The Labute approximate surface area is 145 Å². The molecule has 24 heavy (non-hydrogen) atoms. The minimum absolute atomic E-state index is 0.0564. The van der Waals surface area contributed by atoms with Crippen molar-refractivity contribution in [3.63, 3.8) is 0 Å². The van der Waals surface area contributed by atoms with Gasteiger partial charge in [-0.25, -0.2) is 0 Å². The molecule has 0 saturated carbocycles. The van der Waals surface area contributed by atoms with Crippen molar-refractivity contribution >= 4 is 11.9 Å². The first-order chi connectivity index (χ1) is 11.3. The summed E-state index contributed by atoms with van der Waals surface area (Å²) < 4.78 is 4.76. The molecule has 1 unspecified atom stereocenters. The minimum Gasteiger partial charge on any atom is -0.469 e. The van der Waals surface area contributed by atoms with Gasteiger partial charge in [-0.1, -0.05) is 45.0 Å². The van der Waals surface area contributed by atoms with E-state index in [0.717, 1.165) is 18.5 Å². The molecule has 1 aromatic rings. The standard InChI is InChI=1S/C19H30N2O3/c1-19(2,3)15-10-8-14(9-11-15)16(13-18(23)24-5)21-17(22)7-6-12-20-4/h8-11,16,20H,6-7,12-13H2,1-5H3,(H,21,22). The smallest absolute Gasteiger partial charge is 0.307 e. The van der Waals surface area contributed by atoms with Crippen LogP contribution in [0.2, 0.25) is 0 Å². The van der Waals surface area contributed by atoms with Gasteiger partial charge in [0.15, 0.2) is 0 Å². The second-order valence-electron chi connectivity index (χ2n) is 6.98. The van der Waals surface area contributed by atoms with Crippen molar-refractivity contribution in [2.45, 2.75) is 51.5 Å². The summed E-state index contributed by atoms with van der Waals surface area (Å²) in [6, 6.07) is 7.68. The van der Waals surface area contributed by atoms with Gasteiger partial charge in [0.05, 0.1) is 19.6 Å². The topological polar surface area (TPSA) is 67.4 Å². The highest BCUT2D eigenvalue weighted by atomic mass is 16.5. The van der Waals surface area contributed by atoms with Gasteiger partial charge in [0.25, 0.3) is 0 Å². The number of benzene rings is 1. The van der Waals surface area contributed by atoms with E-state index in [1.54, 1.807) is 0 Å². The molecule has 0 bridgehead atoms. The van der Waals surface area contributed by atoms with Gasteiger partial charge in [-0.05, 0) is 36.6 Å². The highest BCUT2D eigenvalue weighted by Gasteiger charge is 2.20. The van der Waals surface area contributed by atoms with Crippen LogP contribution in [0.25, 0.3) is 0 Å². The van der Waals surface area contributed by atoms with Crippen LogP contribution in [-0.2, 0) is 19.7 Å². The number of nitrogens with one attached hydrogen (secondary N) is 2. The molecule has 0 aliphatic carbocycles. The normalized spacial score (nSPS) is 12.5. The predicted octanol–water partition coefficient (Wildman–Crippen LogP) is 2.70. The third-order valence-electron chi connectivity index (χ3n) is 3.94. The molecular weight excluding hydrogens is 304 g/mol. The molecule has 1 aromatic carbocycles. The number of carbonyl (C=O) groups is 2. The molecule has 0 saturated heterocycles. The number of esters is 1. The second-order valence-corrected chi connectivity index (χ2v) is 6.98. The highest BCUT2D eigenvalue weighted by molar-refractivity contribution is 5.78. The minimum atomic E-state index is -0.367. The average Bonchev–Trinajstić information content (AvgIpc) is 2.53. The third kappa shape index (κ3) is 6.71. The van der Waals surface area contributed by atoms with E-state index in [2.05, 4.69) is 31.4 Å². The van der Waals surface area contributed by atoms with Gasteiger partial charge in [0.2, 0.25) is 5.91 Å². The summed E-state index contributed by atoms with van der Waals surface area (Å²) in [5.74, 6) is -0.394. The summed E-state index contributed by atoms with van der Waals surface area (Å²) in [5.41, 5.74) is 2.19. The van der Waals surface area contributed by atoms with E-state index in [1.165, 1.54) is 12.7 Å². The number of ether oxygens (including phenoxy) is 1. The lowest BCUT2D eigenvalue weighted by Crippen LogP contribution is -2.31. The zero-order chi connectivity index (χ0) is 18.2. The monoisotopic (exact) mass is 334 g/mol. The van der Waals surface area contributed by atoms with Crippen LogP contribution >= 0.6 is 0 Å². The molecule has 0 aromatic heterocycles. The van der Waals surface area contributed by atoms with Crippen LogP contribution < -0.4 is 10.6 Å². The van der Waals surface area contributed by atoms with E-state index in [0.29, 0.717) is 6.42 Å². The second kappa shape index (κ2) is 9.42. The maximum Gasteiger partial charge on any atom is 0.307 e. The van der Waals surface area contributed by atoms with Crippen LogP contribution in [0.3, 0.4) is 0 Å². The van der Waals surface area contributed by atoms with Gasteiger partial charge in [-0.15, -0.1) is 0 Å². The molecule has 0 radical (unpaired) electrons. The van der Waals surface area contributed by atoms with Crippen molar-refractivity contribution in [3.05, 3.63) is 35.4 Å². The predicted molar refractivity (Wildman–Crippen MR) is 95.8 cm³/mol. The quantitative estimate of drug-likeness (QED) is 0.567. The van der Waals surface area contributed by atoms with Gasteiger partial charge >= 0.3 is 5.97 Å². The Morgan fingerprint density at radius 2 is 1.79 bits per heavy atom. The van der Waals surface area contributed by atoms with Crippen LogP contribution in [0.1, 0.15) is 57.2 Å². The van der Waals surface area contributed by atoms with Crippen molar-refractivity contribution in [3.8, 4) is 0 Å². The molecule has 0 heterocycles. The Bertz CT molecular complexity index is 533. The fourth-order valence-electron chi connectivity index (χ4n) is 2.41. The van der Waals surface area contributed by atoms with E-state index < -0.39 is 0 Å². The van der Waals surface area contributed by atoms with E-state index >= 15 is 0 Å². The molecule has 0 aliphatic rings. The fraction of sp³-hybridized carbons (Fsp3) is 0.579. The number of amides is 1. The molecule has 5 nitrogen and oxygen atoms in total. The molecule has 0 spiro atoms.